The van der Waals surface area contributed by atoms with Gasteiger partial charge in [-0.05, 0) is 56.8 Å². The van der Waals surface area contributed by atoms with Crippen LogP contribution in [0.15, 0.2) is 18.2 Å². The van der Waals surface area contributed by atoms with Gasteiger partial charge in [0.25, 0.3) is 0 Å². The van der Waals surface area contributed by atoms with E-state index in [4.69, 9.17) is 10.5 Å². The predicted molar refractivity (Wildman–Crippen MR) is 165 cm³/mol. The van der Waals surface area contributed by atoms with Crippen LogP contribution >= 0.6 is 11.3 Å². The number of anilines is 2. The van der Waals surface area contributed by atoms with Crippen LogP contribution in [-0.2, 0) is 6.18 Å². The Balaban J connectivity index is 0.000000393. The molecule has 0 amide bonds. The Kier molecular flexibility index (Phi) is 9.81. The Morgan fingerprint density at radius 3 is 2.65 bits per heavy atom. The van der Waals surface area contributed by atoms with Crippen molar-refractivity contribution in [3.05, 3.63) is 41.0 Å². The minimum absolute atomic E-state index is 0.00417. The smallest absolute Gasteiger partial charge is 0.417 e. The lowest BCUT2D eigenvalue weighted by atomic mass is 9.92. The van der Waals surface area contributed by atoms with Gasteiger partial charge in [0.05, 0.1) is 22.9 Å². The number of thiophene rings is 1. The number of nitrogen functional groups attached to an aromatic ring is 1. The van der Waals surface area contributed by atoms with Crippen LogP contribution in [0.5, 0.6) is 6.01 Å². The molecule has 6 rings (SSSR count). The largest absolute Gasteiger partial charge is 0.467 e. The molecule has 0 radical (unpaired) electrons. The van der Waals surface area contributed by atoms with Crippen LogP contribution in [0.25, 0.3) is 32.1 Å². The lowest BCUT2D eigenvalue weighted by molar-refractivity contribution is -0.137. The number of ether oxygens (including phenoxy) is 1. The summed E-state index contributed by atoms with van der Waals surface area (Å²) >= 11 is 0.688. The lowest BCUT2D eigenvalue weighted by Gasteiger charge is -2.24. The Labute approximate surface area is 265 Å². The quantitative estimate of drug-likeness (QED) is 0.211. The third kappa shape index (κ3) is 6.25. The molecule has 2 atom stereocenters. The molecule has 0 aliphatic carbocycles. The van der Waals surface area contributed by atoms with Crippen molar-refractivity contribution in [2.24, 2.45) is 0 Å². The Morgan fingerprint density at radius 1 is 1.26 bits per heavy atom. The van der Waals surface area contributed by atoms with Gasteiger partial charge in [-0.15, -0.1) is 11.3 Å². The van der Waals surface area contributed by atoms with E-state index in [1.165, 1.54) is 20.0 Å². The van der Waals surface area contributed by atoms with Gasteiger partial charge in [-0.25, -0.2) is 13.2 Å². The number of methoxy groups -OCH3 is 1. The van der Waals surface area contributed by atoms with Gasteiger partial charge in [-0.2, -0.15) is 28.4 Å². The fraction of sp³-hybridized carbons (Fsp3) is 0.452. The topological polar surface area (TPSA) is 112 Å². The zero-order valence-electron chi connectivity index (χ0n) is 25.1. The zero-order chi connectivity index (χ0) is 33.3. The molecule has 2 unspecified atom stereocenters. The molecule has 246 valence electrons. The number of aliphatic hydroxyl groups excluding tert-OH is 1. The van der Waals surface area contributed by atoms with Crippen molar-refractivity contribution in [3.63, 3.8) is 0 Å². The summed E-state index contributed by atoms with van der Waals surface area (Å²) in [6.45, 7) is 3.93. The summed E-state index contributed by atoms with van der Waals surface area (Å²) in [6, 6.07) is 4.74. The van der Waals surface area contributed by atoms with Gasteiger partial charge in [0.2, 0.25) is 0 Å². The number of hydrogen-bond donors (Lipinski definition) is 2. The van der Waals surface area contributed by atoms with E-state index >= 15 is 4.39 Å². The standard InChI is InChI=1S/C24H20F5N5O2S.C7H12FN/c1-3-34(7-4-8-35)22-12-9-14(24(27,28)29)17(18(26)19(12)32-23(33-22)36-2)11-5-6-15(25)20-16(11)13(10-30)21(31)37-20;8-6-4-7-2-1-3-9(7)5-6/h5-6,9,35H,3-4,7-8,31H2,1-2H3;6-7H,1-5H2. The molecule has 46 heavy (non-hydrogen) atoms. The van der Waals surface area contributed by atoms with Crippen LogP contribution in [0.4, 0.5) is 37.2 Å². The van der Waals surface area contributed by atoms with E-state index in [2.05, 4.69) is 14.9 Å². The highest BCUT2D eigenvalue weighted by Gasteiger charge is 2.39. The van der Waals surface area contributed by atoms with Crippen molar-refractivity contribution >= 4 is 43.1 Å². The Morgan fingerprint density at radius 2 is 2.02 bits per heavy atom. The third-order valence-electron chi connectivity index (χ3n) is 8.30. The summed E-state index contributed by atoms with van der Waals surface area (Å²) in [5, 5.41) is 18.3. The number of fused-ring (bicyclic) bond motifs is 3. The molecular weight excluding hydrogens is 634 g/mol. The SMILES string of the molecule is CCN(CCCO)c1nc(OC)nc2c(F)c(-c3ccc(F)c4sc(N)c(C#N)c34)c(C(F)(F)F)cc12.FC1CC2CCCN2C1. The van der Waals surface area contributed by atoms with Crippen LogP contribution in [-0.4, -0.2) is 72.1 Å². The van der Waals surface area contributed by atoms with Crippen molar-refractivity contribution in [2.75, 3.05) is 50.5 Å². The number of nitriles is 1. The van der Waals surface area contributed by atoms with Crippen molar-refractivity contribution in [2.45, 2.75) is 51.0 Å². The molecule has 2 aliphatic heterocycles. The predicted octanol–water partition coefficient (Wildman–Crippen LogP) is 6.67. The van der Waals surface area contributed by atoms with Crippen LogP contribution in [0.2, 0.25) is 0 Å². The second-order valence-electron chi connectivity index (χ2n) is 11.1. The van der Waals surface area contributed by atoms with E-state index in [9.17, 15) is 32.3 Å². The van der Waals surface area contributed by atoms with E-state index in [0.717, 1.165) is 31.2 Å². The number of alkyl halides is 4. The summed E-state index contributed by atoms with van der Waals surface area (Å²) in [5.74, 6) is -2.15. The third-order valence-corrected chi connectivity index (χ3v) is 9.33. The van der Waals surface area contributed by atoms with Gasteiger partial charge >= 0.3 is 12.2 Å². The molecule has 3 N–H and O–H groups in total. The fourth-order valence-electron chi connectivity index (χ4n) is 6.22. The van der Waals surface area contributed by atoms with E-state index in [1.807, 2.05) is 0 Å². The average Bonchev–Trinajstić information content (AvgIpc) is 3.70. The van der Waals surface area contributed by atoms with Crippen molar-refractivity contribution < 1.29 is 36.2 Å². The van der Waals surface area contributed by atoms with Crippen LogP contribution in [0.3, 0.4) is 0 Å². The molecule has 2 saturated heterocycles. The number of rotatable bonds is 7. The second-order valence-corrected chi connectivity index (χ2v) is 12.1. The van der Waals surface area contributed by atoms with Crippen LogP contribution in [0.1, 0.15) is 43.7 Å². The molecule has 0 bridgehead atoms. The minimum Gasteiger partial charge on any atom is -0.467 e. The Bertz CT molecular complexity index is 1780. The number of hydrogen-bond acceptors (Lipinski definition) is 9. The minimum atomic E-state index is -5.04. The highest BCUT2D eigenvalue weighted by Crippen LogP contribution is 2.48. The van der Waals surface area contributed by atoms with E-state index < -0.39 is 40.6 Å². The van der Waals surface area contributed by atoms with Gasteiger partial charge < -0.3 is 20.5 Å². The molecule has 2 fully saturated rings. The number of benzene rings is 2. The van der Waals surface area contributed by atoms with Gasteiger partial charge in [-0.1, -0.05) is 6.07 Å². The highest BCUT2D eigenvalue weighted by molar-refractivity contribution is 7.23. The summed E-state index contributed by atoms with van der Waals surface area (Å²) in [6.07, 6.45) is -1.94. The van der Waals surface area contributed by atoms with Crippen molar-refractivity contribution in [3.8, 4) is 23.2 Å². The van der Waals surface area contributed by atoms with E-state index in [0.29, 0.717) is 30.3 Å². The average molecular weight is 667 g/mol. The number of aliphatic hydroxyl groups is 1. The summed E-state index contributed by atoms with van der Waals surface area (Å²) in [5.41, 5.74) is 2.53. The first-order valence-corrected chi connectivity index (χ1v) is 15.5. The maximum absolute atomic E-state index is 16.2. The van der Waals surface area contributed by atoms with E-state index in [-0.39, 0.29) is 63.1 Å². The monoisotopic (exact) mass is 666 g/mol. The number of halogens is 6. The molecule has 2 aromatic carbocycles. The highest BCUT2D eigenvalue weighted by atomic mass is 32.1. The Hall–Kier alpha value is -3.87. The maximum Gasteiger partial charge on any atom is 0.417 e. The van der Waals surface area contributed by atoms with Gasteiger partial charge in [0.15, 0.2) is 5.82 Å². The normalized spacial score (nSPS) is 18.0. The lowest BCUT2D eigenvalue weighted by Crippen LogP contribution is -2.26. The number of aromatic nitrogens is 2. The van der Waals surface area contributed by atoms with Gasteiger partial charge in [0, 0.05) is 48.6 Å². The van der Waals surface area contributed by atoms with Gasteiger partial charge in [-0.3, -0.25) is 4.90 Å². The maximum atomic E-state index is 16.2. The zero-order valence-corrected chi connectivity index (χ0v) is 25.9. The van der Waals surface area contributed by atoms with Crippen LogP contribution in [0, 0.1) is 23.0 Å². The van der Waals surface area contributed by atoms with Gasteiger partial charge in [0.1, 0.15) is 34.4 Å². The molecule has 2 aliphatic rings. The first-order valence-electron chi connectivity index (χ1n) is 14.7. The summed E-state index contributed by atoms with van der Waals surface area (Å²) in [4.78, 5) is 12.0. The second kappa shape index (κ2) is 13.5. The first kappa shape index (κ1) is 33.5. The number of nitrogens with two attached hydrogens (primary N) is 1. The molecular formula is C31H32F6N6O2S. The van der Waals surface area contributed by atoms with Crippen molar-refractivity contribution in [1.29, 1.82) is 5.26 Å². The number of nitrogens with zero attached hydrogens (tertiary/aromatic N) is 5. The molecule has 0 spiro atoms. The summed E-state index contributed by atoms with van der Waals surface area (Å²) < 4.78 is 91.6. The molecule has 4 heterocycles. The van der Waals surface area contributed by atoms with E-state index in [1.54, 1.807) is 17.9 Å². The first-order chi connectivity index (χ1) is 21.9. The molecule has 0 saturated carbocycles. The molecule has 2 aromatic heterocycles. The molecule has 15 heteroatoms. The van der Waals surface area contributed by atoms with Crippen LogP contribution < -0.4 is 15.4 Å². The summed E-state index contributed by atoms with van der Waals surface area (Å²) in [7, 11) is 1.23. The molecule has 8 nitrogen and oxygen atoms in total. The fourth-order valence-corrected chi connectivity index (χ4v) is 7.17. The molecule has 4 aromatic rings. The van der Waals surface area contributed by atoms with Crippen molar-refractivity contribution in [1.82, 2.24) is 14.9 Å².